The maximum Gasteiger partial charge on any atom is 0.258 e. The highest BCUT2D eigenvalue weighted by Crippen LogP contribution is 2.38. The van der Waals surface area contributed by atoms with Crippen molar-refractivity contribution in [2.24, 2.45) is 5.73 Å². The fourth-order valence-corrected chi connectivity index (χ4v) is 4.38. The number of aldehydes is 1. The third-order valence-corrected chi connectivity index (χ3v) is 5.99. The summed E-state index contributed by atoms with van der Waals surface area (Å²) in [4.78, 5) is 28.6. The number of carbonyl (C=O) groups is 2. The molecule has 0 fully saturated rings. The lowest BCUT2D eigenvalue weighted by Gasteiger charge is -2.20. The van der Waals surface area contributed by atoms with Gasteiger partial charge in [-0.15, -0.1) is 0 Å². The Balaban J connectivity index is 0.00000141. The monoisotopic (exact) mass is 491 g/mol. The average molecular weight is 492 g/mol. The first-order chi connectivity index (χ1) is 16.9. The highest BCUT2D eigenvalue weighted by Gasteiger charge is 2.26. The third-order valence-electron chi connectivity index (χ3n) is 5.70. The topological polar surface area (TPSA) is 103 Å². The zero-order valence-electron chi connectivity index (χ0n) is 19.2. The molecule has 0 bridgehead atoms. The minimum atomic E-state index is -0.371. The fourth-order valence-electron chi connectivity index (χ4n) is 4.10. The number of rotatable bonds is 4. The number of amides is 1. The summed E-state index contributed by atoms with van der Waals surface area (Å²) >= 11 is 6.15. The van der Waals surface area contributed by atoms with E-state index >= 15 is 0 Å². The van der Waals surface area contributed by atoms with Crippen molar-refractivity contribution in [2.45, 2.75) is 19.8 Å². The number of carbonyl (C=O) groups excluding carboxylic acids is 2. The maximum absolute atomic E-state index is 13.5. The Morgan fingerprint density at radius 3 is 2.54 bits per heavy atom. The van der Waals surface area contributed by atoms with Crippen LogP contribution in [0.25, 0.3) is 16.9 Å². The van der Waals surface area contributed by atoms with Crippen molar-refractivity contribution < 1.29 is 14.0 Å². The summed E-state index contributed by atoms with van der Waals surface area (Å²) in [6.45, 7) is 1.80. The standard InChI is InChI=1S/C25H18ClFN4O2.CH5N/c1-14-2-10-20(24(26)28-14)25(33)29-17-7-3-15-4-11-19-22(13-32)30-31(23(19)21(15)12-17)18-8-5-16(27)6-9-18;1-2/h2-3,5-10,12-13H,4,11H2,1H3,(H,29,33);2H2,1H3. The molecular weight excluding hydrogens is 469 g/mol. The van der Waals surface area contributed by atoms with Crippen molar-refractivity contribution in [1.29, 1.82) is 0 Å². The second-order valence-corrected chi connectivity index (χ2v) is 8.19. The van der Waals surface area contributed by atoms with Gasteiger partial charge in [0.2, 0.25) is 0 Å². The average Bonchev–Trinajstić information content (AvgIpc) is 3.25. The Morgan fingerprint density at radius 2 is 1.86 bits per heavy atom. The van der Waals surface area contributed by atoms with Gasteiger partial charge >= 0.3 is 0 Å². The number of hydrogen-bond donors (Lipinski definition) is 2. The predicted octanol–water partition coefficient (Wildman–Crippen LogP) is 4.77. The van der Waals surface area contributed by atoms with E-state index in [1.54, 1.807) is 35.9 Å². The van der Waals surface area contributed by atoms with Crippen molar-refractivity contribution in [3.63, 3.8) is 0 Å². The molecule has 3 N–H and O–H groups in total. The van der Waals surface area contributed by atoms with E-state index in [4.69, 9.17) is 11.6 Å². The van der Waals surface area contributed by atoms with Gasteiger partial charge in [0, 0.05) is 22.5 Å². The molecule has 2 aromatic heterocycles. The zero-order chi connectivity index (χ0) is 25.1. The van der Waals surface area contributed by atoms with Crippen molar-refractivity contribution in [3.8, 4) is 16.9 Å². The van der Waals surface area contributed by atoms with Gasteiger partial charge in [-0.3, -0.25) is 9.59 Å². The lowest BCUT2D eigenvalue weighted by molar-refractivity contribution is 0.102. The smallest absolute Gasteiger partial charge is 0.258 e. The number of hydrogen-bond acceptors (Lipinski definition) is 5. The molecule has 35 heavy (non-hydrogen) atoms. The van der Waals surface area contributed by atoms with Crippen LogP contribution in [0, 0.1) is 12.7 Å². The van der Waals surface area contributed by atoms with Crippen LogP contribution >= 0.6 is 11.6 Å². The molecule has 2 heterocycles. The number of halogens is 2. The van der Waals surface area contributed by atoms with Crippen LogP contribution in [-0.4, -0.2) is 34.0 Å². The molecule has 7 nitrogen and oxygen atoms in total. The molecule has 0 saturated heterocycles. The molecule has 0 atom stereocenters. The van der Waals surface area contributed by atoms with Crippen LogP contribution in [0.2, 0.25) is 5.15 Å². The van der Waals surface area contributed by atoms with Gasteiger partial charge in [0.15, 0.2) is 6.29 Å². The normalized spacial score (nSPS) is 11.6. The van der Waals surface area contributed by atoms with Gasteiger partial charge in [-0.25, -0.2) is 14.1 Å². The third kappa shape index (κ3) is 4.71. The van der Waals surface area contributed by atoms with Gasteiger partial charge in [-0.1, -0.05) is 17.7 Å². The highest BCUT2D eigenvalue weighted by molar-refractivity contribution is 6.33. The van der Waals surface area contributed by atoms with Gasteiger partial charge in [0.1, 0.15) is 16.7 Å². The highest BCUT2D eigenvalue weighted by atomic mass is 35.5. The number of nitrogens with one attached hydrogen (secondary N) is 1. The zero-order valence-corrected chi connectivity index (χ0v) is 19.9. The quantitative estimate of drug-likeness (QED) is 0.316. The lowest BCUT2D eigenvalue weighted by atomic mass is 9.88. The maximum atomic E-state index is 13.5. The van der Waals surface area contributed by atoms with E-state index in [2.05, 4.69) is 21.1 Å². The first kappa shape index (κ1) is 24.3. The van der Waals surface area contributed by atoms with Gasteiger partial charge < -0.3 is 11.1 Å². The van der Waals surface area contributed by atoms with Gasteiger partial charge in [-0.2, -0.15) is 5.10 Å². The van der Waals surface area contributed by atoms with Crippen LogP contribution in [0.1, 0.15) is 37.7 Å². The summed E-state index contributed by atoms with van der Waals surface area (Å²) in [5, 5.41) is 7.49. The molecule has 0 saturated carbocycles. The molecule has 1 aliphatic rings. The Kier molecular flexibility index (Phi) is 7.04. The lowest BCUT2D eigenvalue weighted by Crippen LogP contribution is -2.14. The number of aromatic nitrogens is 3. The number of nitrogens with two attached hydrogens (primary N) is 1. The molecule has 0 unspecified atom stereocenters. The summed E-state index contributed by atoms with van der Waals surface area (Å²) in [5.74, 6) is -0.728. The van der Waals surface area contributed by atoms with Crippen LogP contribution in [0.3, 0.4) is 0 Å². The number of anilines is 1. The SMILES string of the molecule is CN.Cc1ccc(C(=O)Nc2ccc3c(c2)-c2c(c(C=O)nn2-c2ccc(F)cc2)CC3)c(Cl)n1. The minimum Gasteiger partial charge on any atom is -0.333 e. The fraction of sp³-hybridized carbons (Fsp3) is 0.154. The molecule has 178 valence electrons. The Morgan fingerprint density at radius 1 is 1.11 bits per heavy atom. The number of pyridine rings is 1. The minimum absolute atomic E-state index is 0.137. The largest absolute Gasteiger partial charge is 0.333 e. The van der Waals surface area contributed by atoms with E-state index in [0.717, 1.165) is 40.8 Å². The van der Waals surface area contributed by atoms with E-state index < -0.39 is 0 Å². The molecule has 1 amide bonds. The number of fused-ring (bicyclic) bond motifs is 3. The van der Waals surface area contributed by atoms with Gasteiger partial charge in [0.25, 0.3) is 5.91 Å². The number of benzene rings is 2. The first-order valence-electron chi connectivity index (χ1n) is 10.9. The molecule has 5 rings (SSSR count). The van der Waals surface area contributed by atoms with E-state index in [1.807, 2.05) is 18.2 Å². The van der Waals surface area contributed by atoms with Crippen LogP contribution in [0.15, 0.2) is 54.6 Å². The van der Waals surface area contributed by atoms with Crippen molar-refractivity contribution in [1.82, 2.24) is 14.8 Å². The van der Waals surface area contributed by atoms with Crippen molar-refractivity contribution >= 4 is 29.5 Å². The Hall–Kier alpha value is -3.88. The number of nitrogens with zero attached hydrogens (tertiary/aromatic N) is 3. The molecule has 4 aromatic rings. The van der Waals surface area contributed by atoms with Crippen molar-refractivity contribution in [2.75, 3.05) is 12.4 Å². The van der Waals surface area contributed by atoms with E-state index in [1.165, 1.54) is 19.2 Å². The summed E-state index contributed by atoms with van der Waals surface area (Å²) in [5.41, 5.74) is 10.6. The van der Waals surface area contributed by atoms with Gasteiger partial charge in [0.05, 0.1) is 16.9 Å². The Labute approximate surface area is 206 Å². The second kappa shape index (κ2) is 10.2. The first-order valence-corrected chi connectivity index (χ1v) is 11.3. The Bertz CT molecular complexity index is 1420. The molecule has 0 spiro atoms. The van der Waals surface area contributed by atoms with E-state index in [-0.39, 0.29) is 22.4 Å². The second-order valence-electron chi connectivity index (χ2n) is 7.84. The van der Waals surface area contributed by atoms with Crippen LogP contribution in [-0.2, 0) is 12.8 Å². The molecule has 1 aliphatic carbocycles. The molecule has 0 aliphatic heterocycles. The summed E-state index contributed by atoms with van der Waals surface area (Å²) in [6, 6.07) is 14.9. The predicted molar refractivity (Wildman–Crippen MR) is 134 cm³/mol. The summed E-state index contributed by atoms with van der Waals surface area (Å²) in [7, 11) is 1.50. The van der Waals surface area contributed by atoms with E-state index in [0.29, 0.717) is 23.5 Å². The summed E-state index contributed by atoms with van der Waals surface area (Å²) in [6.07, 6.45) is 2.13. The van der Waals surface area contributed by atoms with Crippen LogP contribution in [0.5, 0.6) is 0 Å². The molecular formula is C26H23ClFN5O2. The van der Waals surface area contributed by atoms with E-state index in [9.17, 15) is 14.0 Å². The van der Waals surface area contributed by atoms with Crippen molar-refractivity contribution in [3.05, 3.63) is 93.6 Å². The molecule has 9 heteroatoms. The summed E-state index contributed by atoms with van der Waals surface area (Å²) < 4.78 is 15.1. The van der Waals surface area contributed by atoms with Crippen LogP contribution in [0.4, 0.5) is 10.1 Å². The molecule has 0 radical (unpaired) electrons. The van der Waals surface area contributed by atoms with Gasteiger partial charge in [-0.05, 0) is 80.9 Å². The number of aryl methyl sites for hydroxylation is 2. The molecule has 2 aromatic carbocycles. The van der Waals surface area contributed by atoms with Crippen LogP contribution < -0.4 is 11.1 Å².